The molecule has 112 valence electrons. The largest absolute Gasteiger partial charge is 0.319 e. The van der Waals surface area contributed by atoms with E-state index in [0.29, 0.717) is 5.92 Å². The summed E-state index contributed by atoms with van der Waals surface area (Å²) < 4.78 is 15.5. The molecule has 0 fully saturated rings. The lowest BCUT2D eigenvalue weighted by Crippen LogP contribution is -2.23. The molecule has 0 aliphatic rings. The first-order valence-corrected chi connectivity index (χ1v) is 8.50. The van der Waals surface area contributed by atoms with E-state index < -0.39 is 0 Å². The number of nitrogens with one attached hydrogen (secondary N) is 1. The molecule has 0 bridgehead atoms. The van der Waals surface area contributed by atoms with Crippen molar-refractivity contribution in [3.63, 3.8) is 0 Å². The van der Waals surface area contributed by atoms with Crippen LogP contribution in [0.15, 0.2) is 51.4 Å². The van der Waals surface area contributed by atoms with Gasteiger partial charge >= 0.3 is 0 Å². The number of rotatable bonds is 6. The van der Waals surface area contributed by atoms with Gasteiger partial charge in [-0.3, -0.25) is 0 Å². The van der Waals surface area contributed by atoms with E-state index in [-0.39, 0.29) is 5.82 Å². The average Bonchev–Trinajstić information content (AvgIpc) is 2.45. The minimum absolute atomic E-state index is 0.181. The molecule has 4 heteroatoms. The zero-order chi connectivity index (χ0) is 15.2. The number of hydrogen-bond donors (Lipinski definition) is 1. The summed E-state index contributed by atoms with van der Waals surface area (Å²) in [7, 11) is 1.95. The van der Waals surface area contributed by atoms with Gasteiger partial charge in [0.2, 0.25) is 0 Å². The summed E-state index contributed by atoms with van der Waals surface area (Å²) in [6.45, 7) is 0.902. The molecule has 0 aromatic heterocycles. The van der Waals surface area contributed by atoms with E-state index in [9.17, 15) is 4.39 Å². The summed E-state index contributed by atoms with van der Waals surface area (Å²) >= 11 is 6.97. The van der Waals surface area contributed by atoms with Gasteiger partial charge in [-0.1, -0.05) is 44.0 Å². The van der Waals surface area contributed by atoms with Crippen LogP contribution in [0.4, 0.5) is 4.39 Å². The van der Waals surface area contributed by atoms with Crippen LogP contribution in [-0.4, -0.2) is 13.6 Å². The predicted octanol–water partition coefficient (Wildman–Crippen LogP) is 4.97. The van der Waals surface area contributed by atoms with Crippen molar-refractivity contribution in [3.8, 4) is 0 Å². The third-order valence-corrected chi connectivity index (χ3v) is 4.75. The molecule has 0 amide bonds. The third kappa shape index (κ3) is 5.20. The van der Waals surface area contributed by atoms with Gasteiger partial charge < -0.3 is 5.32 Å². The maximum atomic E-state index is 13.4. The SMILES string of the molecule is CNCC(Cc1ccc(Br)cc1)Cc1cc(F)ccc1Br. The minimum atomic E-state index is -0.181. The summed E-state index contributed by atoms with van der Waals surface area (Å²) in [4.78, 5) is 0. The molecule has 2 rings (SSSR count). The van der Waals surface area contributed by atoms with Crippen molar-refractivity contribution < 1.29 is 4.39 Å². The van der Waals surface area contributed by atoms with Gasteiger partial charge in [0.1, 0.15) is 5.82 Å². The first kappa shape index (κ1) is 16.7. The third-order valence-electron chi connectivity index (χ3n) is 3.45. The molecule has 2 aromatic carbocycles. The van der Waals surface area contributed by atoms with Gasteiger partial charge in [-0.2, -0.15) is 0 Å². The number of benzene rings is 2. The zero-order valence-electron chi connectivity index (χ0n) is 11.9. The van der Waals surface area contributed by atoms with E-state index in [4.69, 9.17) is 0 Å². The molecule has 21 heavy (non-hydrogen) atoms. The number of halogens is 3. The number of hydrogen-bond acceptors (Lipinski definition) is 1. The molecule has 0 heterocycles. The van der Waals surface area contributed by atoms with Crippen molar-refractivity contribution in [1.29, 1.82) is 0 Å². The second kappa shape index (κ2) is 8.06. The average molecular weight is 415 g/mol. The summed E-state index contributed by atoms with van der Waals surface area (Å²) in [5.74, 6) is 0.245. The molecular formula is C17H18Br2FN. The maximum Gasteiger partial charge on any atom is 0.123 e. The quantitative estimate of drug-likeness (QED) is 0.703. The Balaban J connectivity index is 2.11. The second-order valence-electron chi connectivity index (χ2n) is 5.19. The lowest BCUT2D eigenvalue weighted by atomic mass is 9.92. The van der Waals surface area contributed by atoms with Gasteiger partial charge in [-0.05, 0) is 73.8 Å². The molecular weight excluding hydrogens is 397 g/mol. The van der Waals surface area contributed by atoms with Crippen molar-refractivity contribution in [1.82, 2.24) is 5.32 Å². The lowest BCUT2D eigenvalue weighted by Gasteiger charge is -2.18. The summed E-state index contributed by atoms with van der Waals surface area (Å²) in [5.41, 5.74) is 2.32. The van der Waals surface area contributed by atoms with Crippen LogP contribution in [0.1, 0.15) is 11.1 Å². The van der Waals surface area contributed by atoms with E-state index in [0.717, 1.165) is 33.9 Å². The van der Waals surface area contributed by atoms with E-state index in [2.05, 4.69) is 61.4 Å². The Hall–Kier alpha value is -0.710. The Labute approximate surface area is 142 Å². The highest BCUT2D eigenvalue weighted by molar-refractivity contribution is 9.10. The van der Waals surface area contributed by atoms with Crippen molar-refractivity contribution in [2.75, 3.05) is 13.6 Å². The van der Waals surface area contributed by atoms with Crippen LogP contribution in [0.3, 0.4) is 0 Å². The van der Waals surface area contributed by atoms with Gasteiger partial charge in [-0.15, -0.1) is 0 Å². The highest BCUT2D eigenvalue weighted by Crippen LogP contribution is 2.23. The van der Waals surface area contributed by atoms with Gasteiger partial charge in [0, 0.05) is 8.95 Å². The normalized spacial score (nSPS) is 12.4. The van der Waals surface area contributed by atoms with Crippen molar-refractivity contribution in [2.24, 2.45) is 5.92 Å². The molecule has 0 radical (unpaired) electrons. The highest BCUT2D eigenvalue weighted by Gasteiger charge is 2.13. The molecule has 0 aliphatic heterocycles. The highest BCUT2D eigenvalue weighted by atomic mass is 79.9. The fourth-order valence-corrected chi connectivity index (χ4v) is 3.14. The van der Waals surface area contributed by atoms with Crippen LogP contribution in [0.5, 0.6) is 0 Å². The Kier molecular flexibility index (Phi) is 6.40. The molecule has 1 atom stereocenters. The van der Waals surface area contributed by atoms with Crippen molar-refractivity contribution in [3.05, 3.63) is 68.4 Å². The zero-order valence-corrected chi connectivity index (χ0v) is 15.0. The molecule has 0 saturated carbocycles. The van der Waals surface area contributed by atoms with E-state index >= 15 is 0 Å². The maximum absolute atomic E-state index is 13.4. The topological polar surface area (TPSA) is 12.0 Å². The van der Waals surface area contributed by atoms with Gasteiger partial charge in [0.15, 0.2) is 0 Å². The Morgan fingerprint density at radius 2 is 1.76 bits per heavy atom. The van der Waals surface area contributed by atoms with Crippen molar-refractivity contribution in [2.45, 2.75) is 12.8 Å². The summed E-state index contributed by atoms with van der Waals surface area (Å²) in [5, 5.41) is 3.24. The molecule has 1 nitrogen and oxygen atoms in total. The van der Waals surface area contributed by atoms with Gasteiger partial charge in [0.05, 0.1) is 0 Å². The first-order chi connectivity index (χ1) is 10.1. The van der Waals surface area contributed by atoms with Crippen LogP contribution in [-0.2, 0) is 12.8 Å². The summed E-state index contributed by atoms with van der Waals surface area (Å²) in [6, 6.07) is 13.3. The Morgan fingerprint density at radius 1 is 1.05 bits per heavy atom. The molecule has 2 aromatic rings. The smallest absolute Gasteiger partial charge is 0.123 e. The Morgan fingerprint density at radius 3 is 2.43 bits per heavy atom. The van der Waals surface area contributed by atoms with Crippen LogP contribution in [0, 0.1) is 11.7 Å². The molecule has 0 saturated heterocycles. The predicted molar refractivity (Wildman–Crippen MR) is 93.1 cm³/mol. The standard InChI is InChI=1S/C17H18Br2FN/c1-21-11-13(8-12-2-4-15(18)5-3-12)9-14-10-16(20)6-7-17(14)19/h2-7,10,13,21H,8-9,11H2,1H3. The molecule has 0 spiro atoms. The second-order valence-corrected chi connectivity index (χ2v) is 6.96. The van der Waals surface area contributed by atoms with Crippen molar-refractivity contribution >= 4 is 31.9 Å². The minimum Gasteiger partial charge on any atom is -0.319 e. The summed E-state index contributed by atoms with van der Waals surface area (Å²) in [6.07, 6.45) is 1.81. The first-order valence-electron chi connectivity index (χ1n) is 6.91. The fourth-order valence-electron chi connectivity index (χ4n) is 2.47. The van der Waals surface area contributed by atoms with Crippen LogP contribution in [0.2, 0.25) is 0 Å². The monoisotopic (exact) mass is 413 g/mol. The molecule has 1 unspecified atom stereocenters. The lowest BCUT2D eigenvalue weighted by molar-refractivity contribution is 0.491. The molecule has 1 N–H and O–H groups in total. The van der Waals surface area contributed by atoms with Crippen LogP contribution < -0.4 is 5.32 Å². The Bertz CT molecular complexity index is 584. The van der Waals surface area contributed by atoms with Crippen LogP contribution in [0.25, 0.3) is 0 Å². The van der Waals surface area contributed by atoms with Crippen LogP contribution >= 0.6 is 31.9 Å². The van der Waals surface area contributed by atoms with E-state index in [1.54, 1.807) is 12.1 Å². The van der Waals surface area contributed by atoms with Gasteiger partial charge in [-0.25, -0.2) is 4.39 Å². The van der Waals surface area contributed by atoms with E-state index in [1.807, 2.05) is 7.05 Å². The molecule has 0 aliphatic carbocycles. The van der Waals surface area contributed by atoms with Gasteiger partial charge in [0.25, 0.3) is 0 Å². The van der Waals surface area contributed by atoms with E-state index in [1.165, 1.54) is 11.6 Å². The fraction of sp³-hybridized carbons (Fsp3) is 0.294.